The Hall–Kier alpha value is -2.72. The quantitative estimate of drug-likeness (QED) is 0.0169. The predicted molar refractivity (Wildman–Crippen MR) is 372 cm³/mol. The SMILES string of the molecule is CCCC/C=C\CCCCCCCC(=O)OC(COC(=O)CCCCCCC/C=C\CCCCCC)COP(=O)(O)OCC(O)COP(=O)(O)OCC(COC(=O)CCCCCCC/C=C\CCCCCCCC)OC(=O)CCCCCCCCCCCCCCC. The molecular weight excluding hydrogens is 1210 g/mol. The minimum absolute atomic E-state index is 0.0884. The standard InChI is InChI=1S/C73H136O17P2/c1-5-9-13-17-21-25-29-32-33-36-39-42-46-50-54-58-71(76)84-64-69(90-73(78)60-56-52-48-44-40-35-31-27-23-19-15-11-7-3)66-88-92(81,82)86-62-67(74)61-85-91(79,80)87-65-68(89-72(77)59-55-51-47-43-37-28-24-20-16-12-8-4)63-83-70(75)57-53-49-45-41-38-34-30-26-22-18-14-10-6-2/h20,24,26,30,32-33,67-69,74H,5-19,21-23,25,27-29,31,34-66H2,1-4H3,(H,79,80)(H,81,82)/b24-20-,30-26-,33-32-. The van der Waals surface area contributed by atoms with Crippen LogP contribution >= 0.6 is 15.6 Å². The maximum atomic E-state index is 13.0. The van der Waals surface area contributed by atoms with Gasteiger partial charge in [0.15, 0.2) is 12.2 Å². The number of hydrogen-bond donors (Lipinski definition) is 3. The number of aliphatic hydroxyl groups is 1. The molecular formula is C73H136O17P2. The second-order valence-corrected chi connectivity index (χ2v) is 28.1. The largest absolute Gasteiger partial charge is 0.472 e. The predicted octanol–water partition coefficient (Wildman–Crippen LogP) is 20.8. The van der Waals surface area contributed by atoms with Gasteiger partial charge in [-0.05, 0) is 96.3 Å². The van der Waals surface area contributed by atoms with E-state index in [4.69, 9.17) is 37.0 Å². The van der Waals surface area contributed by atoms with Crippen LogP contribution in [0.1, 0.15) is 349 Å². The molecule has 92 heavy (non-hydrogen) atoms. The average Bonchev–Trinajstić information content (AvgIpc) is 3.58. The zero-order valence-corrected chi connectivity index (χ0v) is 60.5. The van der Waals surface area contributed by atoms with E-state index in [1.54, 1.807) is 0 Å². The summed E-state index contributed by atoms with van der Waals surface area (Å²) in [5.41, 5.74) is 0. The Labute approximate surface area is 560 Å². The molecule has 0 aromatic rings. The zero-order valence-electron chi connectivity index (χ0n) is 58.7. The van der Waals surface area contributed by atoms with Crippen LogP contribution in [0.15, 0.2) is 36.5 Å². The Balaban J connectivity index is 5.29. The van der Waals surface area contributed by atoms with Crippen molar-refractivity contribution in [1.82, 2.24) is 0 Å². The van der Waals surface area contributed by atoms with Gasteiger partial charge < -0.3 is 33.8 Å². The number of allylic oxidation sites excluding steroid dienone is 6. The van der Waals surface area contributed by atoms with Crippen LogP contribution in [0.3, 0.4) is 0 Å². The highest BCUT2D eigenvalue weighted by molar-refractivity contribution is 7.47. The van der Waals surface area contributed by atoms with Crippen molar-refractivity contribution in [1.29, 1.82) is 0 Å². The number of phosphoric acid groups is 2. The minimum Gasteiger partial charge on any atom is -0.462 e. The molecule has 0 saturated heterocycles. The third-order valence-electron chi connectivity index (χ3n) is 16.1. The molecule has 5 atom stereocenters. The van der Waals surface area contributed by atoms with Crippen molar-refractivity contribution in [3.05, 3.63) is 36.5 Å². The van der Waals surface area contributed by atoms with Crippen LogP contribution in [0, 0.1) is 0 Å². The van der Waals surface area contributed by atoms with E-state index in [1.165, 1.54) is 128 Å². The maximum absolute atomic E-state index is 13.0. The molecule has 0 aliphatic heterocycles. The highest BCUT2D eigenvalue weighted by Crippen LogP contribution is 2.45. The summed E-state index contributed by atoms with van der Waals surface area (Å²) in [5.74, 6) is -2.17. The lowest BCUT2D eigenvalue weighted by atomic mass is 10.0. The summed E-state index contributed by atoms with van der Waals surface area (Å²) >= 11 is 0. The zero-order chi connectivity index (χ0) is 67.5. The lowest BCUT2D eigenvalue weighted by Gasteiger charge is -2.21. The summed E-state index contributed by atoms with van der Waals surface area (Å²) in [6, 6.07) is 0. The first-order chi connectivity index (χ1) is 44.7. The van der Waals surface area contributed by atoms with Gasteiger partial charge in [0, 0.05) is 25.7 Å². The van der Waals surface area contributed by atoms with E-state index in [-0.39, 0.29) is 25.7 Å². The molecule has 0 bridgehead atoms. The van der Waals surface area contributed by atoms with Gasteiger partial charge in [-0.25, -0.2) is 9.13 Å². The number of carbonyl (C=O) groups is 4. The normalized spacial score (nSPS) is 14.2. The molecule has 17 nitrogen and oxygen atoms in total. The molecule has 0 radical (unpaired) electrons. The lowest BCUT2D eigenvalue weighted by molar-refractivity contribution is -0.161. The molecule has 0 amide bonds. The van der Waals surface area contributed by atoms with Crippen LogP contribution < -0.4 is 0 Å². The molecule has 540 valence electrons. The third-order valence-corrected chi connectivity index (χ3v) is 18.0. The molecule has 19 heteroatoms. The Morgan fingerprint density at radius 1 is 0.293 bits per heavy atom. The van der Waals surface area contributed by atoms with Gasteiger partial charge in [-0.1, -0.05) is 263 Å². The summed E-state index contributed by atoms with van der Waals surface area (Å²) < 4.78 is 68.3. The number of phosphoric ester groups is 2. The van der Waals surface area contributed by atoms with Gasteiger partial charge in [-0.2, -0.15) is 0 Å². The molecule has 3 N–H and O–H groups in total. The van der Waals surface area contributed by atoms with Gasteiger partial charge in [-0.15, -0.1) is 0 Å². The number of esters is 4. The molecule has 0 saturated carbocycles. The number of ether oxygens (including phenoxy) is 4. The monoisotopic (exact) mass is 1350 g/mol. The van der Waals surface area contributed by atoms with Gasteiger partial charge in [0.05, 0.1) is 26.4 Å². The molecule has 0 aromatic heterocycles. The molecule has 0 aromatic carbocycles. The van der Waals surface area contributed by atoms with E-state index in [0.717, 1.165) is 141 Å². The fourth-order valence-electron chi connectivity index (χ4n) is 10.3. The van der Waals surface area contributed by atoms with Crippen molar-refractivity contribution in [3.63, 3.8) is 0 Å². The second kappa shape index (κ2) is 66.9. The van der Waals surface area contributed by atoms with Crippen LogP contribution in [0.5, 0.6) is 0 Å². The number of rotatable bonds is 71. The number of unbranched alkanes of at least 4 members (excludes halogenated alkanes) is 39. The summed E-state index contributed by atoms with van der Waals surface area (Å²) in [4.78, 5) is 72.6. The van der Waals surface area contributed by atoms with Crippen LogP contribution in [-0.4, -0.2) is 96.7 Å². The van der Waals surface area contributed by atoms with E-state index in [2.05, 4.69) is 64.2 Å². The average molecular weight is 1350 g/mol. The maximum Gasteiger partial charge on any atom is 0.472 e. The van der Waals surface area contributed by atoms with Crippen LogP contribution in [0.2, 0.25) is 0 Å². The Morgan fingerprint density at radius 3 is 0.793 bits per heavy atom. The smallest absolute Gasteiger partial charge is 0.462 e. The van der Waals surface area contributed by atoms with E-state index < -0.39 is 97.5 Å². The van der Waals surface area contributed by atoms with Crippen molar-refractivity contribution in [2.45, 2.75) is 367 Å². The summed E-state index contributed by atoms with van der Waals surface area (Å²) in [5, 5.41) is 10.6. The first-order valence-corrected chi connectivity index (χ1v) is 40.2. The van der Waals surface area contributed by atoms with Crippen LogP contribution in [0.25, 0.3) is 0 Å². The number of aliphatic hydroxyl groups excluding tert-OH is 1. The molecule has 0 aliphatic rings. The van der Waals surface area contributed by atoms with Gasteiger partial charge in [0.25, 0.3) is 0 Å². The molecule has 0 aliphatic carbocycles. The number of hydrogen-bond acceptors (Lipinski definition) is 15. The van der Waals surface area contributed by atoms with Gasteiger partial charge in [0.2, 0.25) is 0 Å². The van der Waals surface area contributed by atoms with E-state index in [9.17, 15) is 43.2 Å². The van der Waals surface area contributed by atoms with Gasteiger partial charge in [-0.3, -0.25) is 37.3 Å². The highest BCUT2D eigenvalue weighted by Gasteiger charge is 2.30. The first kappa shape index (κ1) is 89.3. The Morgan fingerprint density at radius 2 is 0.511 bits per heavy atom. The highest BCUT2D eigenvalue weighted by atomic mass is 31.2. The molecule has 0 heterocycles. The molecule has 0 rings (SSSR count). The second-order valence-electron chi connectivity index (χ2n) is 25.2. The van der Waals surface area contributed by atoms with Crippen molar-refractivity contribution >= 4 is 39.5 Å². The van der Waals surface area contributed by atoms with Gasteiger partial charge >= 0.3 is 39.5 Å². The fourth-order valence-corrected chi connectivity index (χ4v) is 11.9. The van der Waals surface area contributed by atoms with E-state index in [1.807, 2.05) is 0 Å². The summed E-state index contributed by atoms with van der Waals surface area (Å²) in [7, 11) is -9.92. The van der Waals surface area contributed by atoms with E-state index >= 15 is 0 Å². The minimum atomic E-state index is -4.96. The topological polar surface area (TPSA) is 237 Å². The number of carbonyl (C=O) groups excluding carboxylic acids is 4. The first-order valence-electron chi connectivity index (χ1n) is 37.2. The fraction of sp³-hybridized carbons (Fsp3) is 0.863. The Kier molecular flexibility index (Phi) is 64.9. The lowest BCUT2D eigenvalue weighted by Crippen LogP contribution is -2.30. The van der Waals surface area contributed by atoms with Crippen molar-refractivity contribution in [2.24, 2.45) is 0 Å². The summed E-state index contributed by atoms with van der Waals surface area (Å²) in [6.07, 6.45) is 60.0. The molecule has 0 spiro atoms. The van der Waals surface area contributed by atoms with Crippen molar-refractivity contribution in [3.8, 4) is 0 Å². The molecule has 5 unspecified atom stereocenters. The molecule has 0 fully saturated rings. The van der Waals surface area contributed by atoms with Crippen molar-refractivity contribution < 1.29 is 80.2 Å². The van der Waals surface area contributed by atoms with Crippen LogP contribution in [-0.2, 0) is 65.4 Å². The summed E-state index contributed by atoms with van der Waals surface area (Å²) in [6.45, 7) is 4.84. The third kappa shape index (κ3) is 65.9. The Bertz CT molecular complexity index is 1900. The van der Waals surface area contributed by atoms with E-state index in [0.29, 0.717) is 25.7 Å². The van der Waals surface area contributed by atoms with Gasteiger partial charge in [0.1, 0.15) is 19.3 Å². The van der Waals surface area contributed by atoms with Crippen LogP contribution in [0.4, 0.5) is 0 Å². The van der Waals surface area contributed by atoms with Crippen molar-refractivity contribution in [2.75, 3.05) is 39.6 Å².